The first-order chi connectivity index (χ1) is 7.18. The Labute approximate surface area is 91.0 Å². The molecule has 1 amide bonds. The average molecular weight is 212 g/mol. The second-order valence-electron chi connectivity index (χ2n) is 4.87. The molecule has 2 atom stereocenters. The molecule has 0 aliphatic carbocycles. The maximum absolute atomic E-state index is 11.8. The number of amides is 1. The standard InChI is InChI=1S/C11H20N2O2/c1-8(2)7-15-11(14)13-6-4-9-10(13)3-5-12-9/h8-10,12H,3-7H2,1-2H3. The van der Waals surface area contributed by atoms with Crippen LogP contribution in [0.25, 0.3) is 0 Å². The summed E-state index contributed by atoms with van der Waals surface area (Å²) in [5.74, 6) is 0.411. The molecule has 2 saturated heterocycles. The van der Waals surface area contributed by atoms with Crippen molar-refractivity contribution >= 4 is 6.09 Å². The van der Waals surface area contributed by atoms with Crippen molar-refractivity contribution in [3.63, 3.8) is 0 Å². The van der Waals surface area contributed by atoms with Crippen molar-refractivity contribution in [3.8, 4) is 0 Å². The van der Waals surface area contributed by atoms with Crippen LogP contribution in [-0.4, -0.2) is 42.8 Å². The van der Waals surface area contributed by atoms with Gasteiger partial charge < -0.3 is 15.0 Å². The van der Waals surface area contributed by atoms with E-state index in [9.17, 15) is 4.79 Å². The van der Waals surface area contributed by atoms with Gasteiger partial charge in [-0.1, -0.05) is 13.8 Å². The summed E-state index contributed by atoms with van der Waals surface area (Å²) in [6.07, 6.45) is 2.02. The summed E-state index contributed by atoms with van der Waals surface area (Å²) in [5.41, 5.74) is 0. The molecule has 0 aromatic heterocycles. The molecule has 2 rings (SSSR count). The van der Waals surface area contributed by atoms with Crippen LogP contribution in [0.2, 0.25) is 0 Å². The Bertz CT molecular complexity index is 243. The highest BCUT2D eigenvalue weighted by Gasteiger charge is 2.40. The van der Waals surface area contributed by atoms with Crippen molar-refractivity contribution in [1.29, 1.82) is 0 Å². The number of ether oxygens (including phenoxy) is 1. The van der Waals surface area contributed by atoms with E-state index in [1.54, 1.807) is 0 Å². The summed E-state index contributed by atoms with van der Waals surface area (Å²) in [5, 5.41) is 3.42. The highest BCUT2D eigenvalue weighted by molar-refractivity contribution is 5.68. The van der Waals surface area contributed by atoms with Crippen molar-refractivity contribution < 1.29 is 9.53 Å². The van der Waals surface area contributed by atoms with Crippen LogP contribution in [0.15, 0.2) is 0 Å². The molecule has 0 aromatic carbocycles. The summed E-state index contributed by atoms with van der Waals surface area (Å²) in [6.45, 7) is 6.51. The molecule has 4 heteroatoms. The lowest BCUT2D eigenvalue weighted by molar-refractivity contribution is 0.0883. The Morgan fingerprint density at radius 2 is 2.33 bits per heavy atom. The summed E-state index contributed by atoms with van der Waals surface area (Å²) >= 11 is 0. The molecule has 0 saturated carbocycles. The molecule has 4 nitrogen and oxygen atoms in total. The van der Waals surface area contributed by atoms with Crippen LogP contribution in [0.5, 0.6) is 0 Å². The monoisotopic (exact) mass is 212 g/mol. The largest absolute Gasteiger partial charge is 0.449 e. The predicted octanol–water partition coefficient (Wildman–Crippen LogP) is 1.22. The van der Waals surface area contributed by atoms with E-state index in [1.807, 2.05) is 4.90 Å². The van der Waals surface area contributed by atoms with Crippen LogP contribution < -0.4 is 5.32 Å². The predicted molar refractivity (Wildman–Crippen MR) is 57.7 cm³/mol. The molecule has 2 aliphatic rings. The third kappa shape index (κ3) is 2.25. The zero-order valence-electron chi connectivity index (χ0n) is 9.53. The van der Waals surface area contributed by atoms with Crippen molar-refractivity contribution in [2.45, 2.75) is 38.8 Å². The number of rotatable bonds is 2. The number of carbonyl (C=O) groups is 1. The number of fused-ring (bicyclic) bond motifs is 1. The molecular formula is C11H20N2O2. The Kier molecular flexibility index (Phi) is 3.14. The van der Waals surface area contributed by atoms with Crippen molar-refractivity contribution in [2.75, 3.05) is 19.7 Å². The molecule has 1 N–H and O–H groups in total. The van der Waals surface area contributed by atoms with Crippen LogP contribution in [0.1, 0.15) is 26.7 Å². The van der Waals surface area contributed by atoms with Crippen molar-refractivity contribution in [2.24, 2.45) is 5.92 Å². The summed E-state index contributed by atoms with van der Waals surface area (Å²) < 4.78 is 5.25. The van der Waals surface area contributed by atoms with E-state index in [0.29, 0.717) is 24.6 Å². The molecule has 0 aromatic rings. The Hall–Kier alpha value is -0.770. The smallest absolute Gasteiger partial charge is 0.410 e. The number of nitrogens with one attached hydrogen (secondary N) is 1. The number of likely N-dealkylation sites (tertiary alicyclic amines) is 1. The fraction of sp³-hybridized carbons (Fsp3) is 0.909. The van der Waals surface area contributed by atoms with Gasteiger partial charge in [0.05, 0.1) is 12.6 Å². The number of hydrogen-bond acceptors (Lipinski definition) is 3. The van der Waals surface area contributed by atoms with Crippen LogP contribution >= 0.6 is 0 Å². The van der Waals surface area contributed by atoms with Gasteiger partial charge >= 0.3 is 6.09 Å². The number of hydrogen-bond donors (Lipinski definition) is 1. The fourth-order valence-corrected chi connectivity index (χ4v) is 2.41. The van der Waals surface area contributed by atoms with Crippen LogP contribution in [0.4, 0.5) is 4.79 Å². The second-order valence-corrected chi connectivity index (χ2v) is 4.87. The van der Waals surface area contributed by atoms with Gasteiger partial charge in [0.15, 0.2) is 0 Å². The molecule has 0 radical (unpaired) electrons. The van der Waals surface area contributed by atoms with Gasteiger partial charge in [-0.2, -0.15) is 0 Å². The molecule has 2 aliphatic heterocycles. The number of carbonyl (C=O) groups excluding carboxylic acids is 1. The van der Waals surface area contributed by atoms with Gasteiger partial charge in [-0.25, -0.2) is 4.79 Å². The Morgan fingerprint density at radius 3 is 3.07 bits per heavy atom. The first kappa shape index (κ1) is 10.7. The third-order valence-corrected chi connectivity index (χ3v) is 3.17. The average Bonchev–Trinajstić information content (AvgIpc) is 2.74. The minimum Gasteiger partial charge on any atom is -0.449 e. The quantitative estimate of drug-likeness (QED) is 0.748. The van der Waals surface area contributed by atoms with Crippen LogP contribution in [-0.2, 0) is 4.74 Å². The normalized spacial score (nSPS) is 29.7. The maximum atomic E-state index is 11.8. The molecule has 15 heavy (non-hydrogen) atoms. The molecule has 2 heterocycles. The minimum atomic E-state index is -0.125. The van der Waals surface area contributed by atoms with E-state index in [0.717, 1.165) is 25.9 Å². The van der Waals surface area contributed by atoms with Gasteiger partial charge in [0.1, 0.15) is 0 Å². The van der Waals surface area contributed by atoms with E-state index in [2.05, 4.69) is 19.2 Å². The summed E-state index contributed by atoms with van der Waals surface area (Å²) in [6, 6.07) is 0.890. The van der Waals surface area contributed by atoms with Gasteiger partial charge in [-0.15, -0.1) is 0 Å². The Balaban J connectivity index is 1.85. The molecular weight excluding hydrogens is 192 g/mol. The van der Waals surface area contributed by atoms with Crippen LogP contribution in [0.3, 0.4) is 0 Å². The van der Waals surface area contributed by atoms with Gasteiger partial charge in [0.25, 0.3) is 0 Å². The van der Waals surface area contributed by atoms with E-state index >= 15 is 0 Å². The highest BCUT2D eigenvalue weighted by atomic mass is 16.6. The minimum absolute atomic E-state index is 0.125. The zero-order valence-corrected chi connectivity index (χ0v) is 9.53. The van der Waals surface area contributed by atoms with E-state index in [1.165, 1.54) is 0 Å². The lowest BCUT2D eigenvalue weighted by Gasteiger charge is -2.23. The molecule has 2 unspecified atom stereocenters. The number of nitrogens with zero attached hydrogens (tertiary/aromatic N) is 1. The van der Waals surface area contributed by atoms with E-state index < -0.39 is 0 Å². The molecule has 2 fully saturated rings. The Morgan fingerprint density at radius 1 is 1.53 bits per heavy atom. The zero-order chi connectivity index (χ0) is 10.8. The summed E-state index contributed by atoms with van der Waals surface area (Å²) in [7, 11) is 0. The highest BCUT2D eigenvalue weighted by Crippen LogP contribution is 2.25. The maximum Gasteiger partial charge on any atom is 0.410 e. The summed E-state index contributed by atoms with van der Waals surface area (Å²) in [4.78, 5) is 13.7. The molecule has 0 spiro atoms. The second kappa shape index (κ2) is 4.39. The first-order valence-corrected chi connectivity index (χ1v) is 5.85. The molecule has 0 bridgehead atoms. The SMILES string of the molecule is CC(C)COC(=O)N1CCC2NCCC21. The molecule has 86 valence electrons. The van der Waals surface area contributed by atoms with E-state index in [-0.39, 0.29) is 6.09 Å². The van der Waals surface area contributed by atoms with Crippen molar-refractivity contribution in [1.82, 2.24) is 10.2 Å². The van der Waals surface area contributed by atoms with Crippen molar-refractivity contribution in [3.05, 3.63) is 0 Å². The first-order valence-electron chi connectivity index (χ1n) is 5.85. The van der Waals surface area contributed by atoms with Gasteiger partial charge in [0, 0.05) is 12.6 Å². The van der Waals surface area contributed by atoms with Gasteiger partial charge in [0.2, 0.25) is 0 Å². The van der Waals surface area contributed by atoms with Gasteiger partial charge in [-0.05, 0) is 25.3 Å². The van der Waals surface area contributed by atoms with Crippen LogP contribution in [0, 0.1) is 5.92 Å². The lowest BCUT2D eigenvalue weighted by Crippen LogP contribution is -2.39. The van der Waals surface area contributed by atoms with Gasteiger partial charge in [-0.3, -0.25) is 0 Å². The topological polar surface area (TPSA) is 41.6 Å². The lowest BCUT2D eigenvalue weighted by atomic mass is 10.1. The fourth-order valence-electron chi connectivity index (χ4n) is 2.41. The third-order valence-electron chi connectivity index (χ3n) is 3.17. The van der Waals surface area contributed by atoms with E-state index in [4.69, 9.17) is 4.74 Å².